The highest BCUT2D eigenvalue weighted by atomic mass is 16.5. The van der Waals surface area contributed by atoms with Gasteiger partial charge in [-0.1, -0.05) is 22.9 Å². The molecule has 5 heteroatoms. The van der Waals surface area contributed by atoms with Gasteiger partial charge in [0, 0.05) is 6.54 Å². The van der Waals surface area contributed by atoms with E-state index >= 15 is 0 Å². The smallest absolute Gasteiger partial charge is 0.119 e. The number of hydrogen-bond donors (Lipinski definition) is 1. The first-order valence-corrected chi connectivity index (χ1v) is 6.47. The Morgan fingerprint density at radius 2 is 2.00 bits per heavy atom. The molecule has 0 aliphatic rings. The Morgan fingerprint density at radius 3 is 2.74 bits per heavy atom. The number of aryl methyl sites for hydroxylation is 2. The quantitative estimate of drug-likeness (QED) is 0.774. The van der Waals surface area contributed by atoms with Crippen LogP contribution in [0.3, 0.4) is 0 Å². The molecule has 0 radical (unpaired) electrons. The first-order chi connectivity index (χ1) is 9.29. The van der Waals surface area contributed by atoms with E-state index < -0.39 is 0 Å². The van der Waals surface area contributed by atoms with Crippen LogP contribution in [0.2, 0.25) is 0 Å². The maximum Gasteiger partial charge on any atom is 0.119 e. The van der Waals surface area contributed by atoms with Crippen molar-refractivity contribution in [2.24, 2.45) is 0 Å². The molecule has 0 aliphatic carbocycles. The lowest BCUT2D eigenvalue weighted by Crippen LogP contribution is -2.07. The zero-order valence-electron chi connectivity index (χ0n) is 11.1. The average Bonchev–Trinajstić information content (AvgIpc) is 2.88. The summed E-state index contributed by atoms with van der Waals surface area (Å²) in [7, 11) is 0. The fourth-order valence-electron chi connectivity index (χ4n) is 1.78. The third-order valence-electron chi connectivity index (χ3n) is 2.91. The molecule has 0 aliphatic heterocycles. The van der Waals surface area contributed by atoms with E-state index in [9.17, 15) is 0 Å². The van der Waals surface area contributed by atoms with Crippen molar-refractivity contribution in [1.29, 1.82) is 0 Å². The molecular weight excluding hydrogens is 242 g/mol. The zero-order valence-corrected chi connectivity index (χ0v) is 11.1. The zero-order chi connectivity index (χ0) is 13.5. The molecule has 0 amide bonds. The van der Waals surface area contributed by atoms with Gasteiger partial charge in [0.25, 0.3) is 0 Å². The molecule has 0 bridgehead atoms. The minimum absolute atomic E-state index is 0.0210. The molecule has 0 saturated heterocycles. The van der Waals surface area contributed by atoms with Crippen LogP contribution in [0.1, 0.15) is 24.1 Å². The SMILES string of the molecule is Cc1ccc(OCCCCn2nncc2CO)cc1. The molecule has 102 valence electrons. The number of aliphatic hydroxyl groups is 1. The first kappa shape index (κ1) is 13.5. The lowest BCUT2D eigenvalue weighted by Gasteiger charge is -2.07. The monoisotopic (exact) mass is 261 g/mol. The van der Waals surface area contributed by atoms with Gasteiger partial charge in [-0.3, -0.25) is 0 Å². The highest BCUT2D eigenvalue weighted by molar-refractivity contribution is 5.26. The molecule has 0 saturated carbocycles. The second-order valence-electron chi connectivity index (χ2n) is 4.48. The maximum absolute atomic E-state index is 9.06. The molecule has 1 aromatic heterocycles. The largest absolute Gasteiger partial charge is 0.494 e. The molecule has 0 unspecified atom stereocenters. The van der Waals surface area contributed by atoms with E-state index in [1.54, 1.807) is 10.9 Å². The van der Waals surface area contributed by atoms with Gasteiger partial charge in [0.05, 0.1) is 25.1 Å². The highest BCUT2D eigenvalue weighted by Gasteiger charge is 2.01. The van der Waals surface area contributed by atoms with E-state index in [1.165, 1.54) is 5.56 Å². The number of aliphatic hydroxyl groups excluding tert-OH is 1. The molecule has 0 atom stereocenters. The number of benzene rings is 1. The van der Waals surface area contributed by atoms with E-state index in [2.05, 4.69) is 17.2 Å². The Kier molecular flexibility index (Phi) is 4.92. The van der Waals surface area contributed by atoms with Gasteiger partial charge >= 0.3 is 0 Å². The van der Waals surface area contributed by atoms with Crippen LogP contribution in [0.15, 0.2) is 30.5 Å². The summed E-state index contributed by atoms with van der Waals surface area (Å²) in [5, 5.41) is 16.7. The van der Waals surface area contributed by atoms with Crippen molar-refractivity contribution in [3.63, 3.8) is 0 Å². The molecule has 0 fully saturated rings. The Hall–Kier alpha value is -1.88. The summed E-state index contributed by atoms with van der Waals surface area (Å²) >= 11 is 0. The van der Waals surface area contributed by atoms with Gasteiger partial charge in [-0.25, -0.2) is 4.68 Å². The summed E-state index contributed by atoms with van der Waals surface area (Å²) < 4.78 is 7.37. The second-order valence-corrected chi connectivity index (χ2v) is 4.48. The molecule has 2 aromatic rings. The summed E-state index contributed by atoms with van der Waals surface area (Å²) in [5.41, 5.74) is 1.98. The van der Waals surface area contributed by atoms with Crippen LogP contribution in [0.4, 0.5) is 0 Å². The molecule has 0 spiro atoms. The van der Waals surface area contributed by atoms with Crippen LogP contribution < -0.4 is 4.74 Å². The summed E-state index contributed by atoms with van der Waals surface area (Å²) in [5.74, 6) is 0.905. The van der Waals surface area contributed by atoms with Gasteiger partial charge < -0.3 is 9.84 Å². The molecule has 1 N–H and O–H groups in total. The predicted molar refractivity (Wildman–Crippen MR) is 71.9 cm³/mol. The molecule has 1 aromatic carbocycles. The lowest BCUT2D eigenvalue weighted by molar-refractivity contribution is 0.264. The van der Waals surface area contributed by atoms with Gasteiger partial charge in [0.1, 0.15) is 5.75 Å². The summed E-state index contributed by atoms with van der Waals surface area (Å²) in [6, 6.07) is 8.05. The predicted octanol–water partition coefficient (Wildman–Crippen LogP) is 1.94. The normalized spacial score (nSPS) is 10.6. The summed E-state index contributed by atoms with van der Waals surface area (Å²) in [6.45, 7) is 3.48. The Morgan fingerprint density at radius 1 is 1.21 bits per heavy atom. The number of unbranched alkanes of at least 4 members (excludes halogenated alkanes) is 1. The van der Waals surface area contributed by atoms with Crippen molar-refractivity contribution in [1.82, 2.24) is 15.0 Å². The topological polar surface area (TPSA) is 60.2 Å². The lowest BCUT2D eigenvalue weighted by atomic mass is 10.2. The third kappa shape index (κ3) is 4.06. The van der Waals surface area contributed by atoms with Crippen molar-refractivity contribution in [3.8, 4) is 5.75 Å². The Labute approximate surface area is 112 Å². The number of hydrogen-bond acceptors (Lipinski definition) is 4. The van der Waals surface area contributed by atoms with Crippen LogP contribution in [-0.4, -0.2) is 26.7 Å². The van der Waals surface area contributed by atoms with Crippen molar-refractivity contribution < 1.29 is 9.84 Å². The van der Waals surface area contributed by atoms with E-state index in [1.807, 2.05) is 24.3 Å². The molecule has 5 nitrogen and oxygen atoms in total. The van der Waals surface area contributed by atoms with Crippen LogP contribution in [0.25, 0.3) is 0 Å². The molecule has 2 rings (SSSR count). The first-order valence-electron chi connectivity index (χ1n) is 6.47. The van der Waals surface area contributed by atoms with Gasteiger partial charge in [-0.05, 0) is 31.9 Å². The van der Waals surface area contributed by atoms with Crippen LogP contribution in [0, 0.1) is 6.92 Å². The van der Waals surface area contributed by atoms with E-state index in [0.717, 1.165) is 30.8 Å². The fraction of sp³-hybridized carbons (Fsp3) is 0.429. The van der Waals surface area contributed by atoms with Crippen LogP contribution in [-0.2, 0) is 13.2 Å². The van der Waals surface area contributed by atoms with Gasteiger partial charge in [0.15, 0.2) is 0 Å². The summed E-state index contributed by atoms with van der Waals surface area (Å²) in [4.78, 5) is 0. The molecular formula is C14H19N3O2. The van der Waals surface area contributed by atoms with Crippen LogP contribution >= 0.6 is 0 Å². The van der Waals surface area contributed by atoms with Gasteiger partial charge in [-0.2, -0.15) is 0 Å². The molecule has 19 heavy (non-hydrogen) atoms. The number of rotatable bonds is 7. The van der Waals surface area contributed by atoms with E-state index in [-0.39, 0.29) is 6.61 Å². The minimum Gasteiger partial charge on any atom is -0.494 e. The molecule has 1 heterocycles. The number of nitrogens with zero attached hydrogens (tertiary/aromatic N) is 3. The van der Waals surface area contributed by atoms with Crippen molar-refractivity contribution in [3.05, 3.63) is 41.7 Å². The standard InChI is InChI=1S/C14H19N3O2/c1-12-4-6-14(7-5-12)19-9-3-2-8-17-13(11-18)10-15-16-17/h4-7,10,18H,2-3,8-9,11H2,1H3. The maximum atomic E-state index is 9.06. The number of ether oxygens (including phenoxy) is 1. The Bertz CT molecular complexity index is 494. The fourth-order valence-corrected chi connectivity index (χ4v) is 1.78. The Balaban J connectivity index is 1.66. The number of aromatic nitrogens is 3. The third-order valence-corrected chi connectivity index (χ3v) is 2.91. The van der Waals surface area contributed by atoms with Gasteiger partial charge in [0.2, 0.25) is 0 Å². The van der Waals surface area contributed by atoms with E-state index in [4.69, 9.17) is 9.84 Å². The van der Waals surface area contributed by atoms with Crippen molar-refractivity contribution >= 4 is 0 Å². The van der Waals surface area contributed by atoms with E-state index in [0.29, 0.717) is 6.61 Å². The summed E-state index contributed by atoms with van der Waals surface area (Å²) in [6.07, 6.45) is 3.48. The van der Waals surface area contributed by atoms with Crippen LogP contribution in [0.5, 0.6) is 5.75 Å². The second kappa shape index (κ2) is 6.89. The van der Waals surface area contributed by atoms with Crippen molar-refractivity contribution in [2.45, 2.75) is 32.9 Å². The average molecular weight is 261 g/mol. The highest BCUT2D eigenvalue weighted by Crippen LogP contribution is 2.12. The van der Waals surface area contributed by atoms with Gasteiger partial charge in [-0.15, -0.1) is 5.10 Å². The minimum atomic E-state index is -0.0210. The van der Waals surface area contributed by atoms with Crippen molar-refractivity contribution in [2.75, 3.05) is 6.61 Å².